The number of aliphatic hydroxyl groups excluding tert-OH is 1. The first kappa shape index (κ1) is 26.7. The van der Waals surface area contributed by atoms with Crippen molar-refractivity contribution in [3.05, 3.63) is 74.8 Å². The molecule has 1 fully saturated rings. The summed E-state index contributed by atoms with van der Waals surface area (Å²) in [5.41, 5.74) is -0.762. The highest BCUT2D eigenvalue weighted by atomic mass is 19.1. The summed E-state index contributed by atoms with van der Waals surface area (Å²) in [5.74, 6) is -0.0652. The topological polar surface area (TPSA) is 104 Å². The number of rotatable bonds is 10. The van der Waals surface area contributed by atoms with E-state index in [-0.39, 0.29) is 61.7 Å². The largest absolute Gasteiger partial charge is 0.477 e. The van der Waals surface area contributed by atoms with Gasteiger partial charge in [0.25, 0.3) is 5.56 Å². The summed E-state index contributed by atoms with van der Waals surface area (Å²) in [7, 11) is 0. The van der Waals surface area contributed by atoms with Gasteiger partial charge < -0.3 is 14.4 Å². The van der Waals surface area contributed by atoms with Gasteiger partial charge in [0.2, 0.25) is 5.88 Å². The maximum absolute atomic E-state index is 14.2. The highest BCUT2D eigenvalue weighted by molar-refractivity contribution is 5.78. The van der Waals surface area contributed by atoms with Crippen LogP contribution >= 0.6 is 0 Å². The molecule has 3 aromatic heterocycles. The second-order valence-electron chi connectivity index (χ2n) is 10.4. The fraction of sp³-hybridized carbons (Fsp3) is 0.429. The van der Waals surface area contributed by atoms with E-state index in [2.05, 4.69) is 4.98 Å². The average Bonchev–Trinajstić information content (AvgIpc) is 3.35. The van der Waals surface area contributed by atoms with Gasteiger partial charge in [-0.1, -0.05) is 12.1 Å². The van der Waals surface area contributed by atoms with E-state index in [1.165, 1.54) is 23.6 Å². The summed E-state index contributed by atoms with van der Waals surface area (Å²) in [5, 5.41) is 9.37. The summed E-state index contributed by atoms with van der Waals surface area (Å²) < 4.78 is 38.0. The molecule has 1 unspecified atom stereocenters. The van der Waals surface area contributed by atoms with Gasteiger partial charge in [-0.05, 0) is 63.4 Å². The molecular weight excluding hydrogens is 508 g/mol. The maximum Gasteiger partial charge on any atom is 0.332 e. The number of aromatic nitrogens is 5. The lowest BCUT2D eigenvalue weighted by atomic mass is 10.2. The summed E-state index contributed by atoms with van der Waals surface area (Å²) in [6, 6.07) is 9.01. The molecule has 4 aromatic rings. The number of benzene rings is 1. The number of fused-ring (bicyclic) bond motifs is 1. The minimum Gasteiger partial charge on any atom is -0.477 e. The van der Waals surface area contributed by atoms with Gasteiger partial charge in [0, 0.05) is 37.9 Å². The van der Waals surface area contributed by atoms with Crippen LogP contribution in [0.3, 0.4) is 0 Å². The highest BCUT2D eigenvalue weighted by Crippen LogP contribution is 2.47. The average molecular weight is 540 g/mol. The van der Waals surface area contributed by atoms with Crippen molar-refractivity contribution in [3.8, 4) is 17.3 Å². The zero-order chi connectivity index (χ0) is 27.9. The van der Waals surface area contributed by atoms with E-state index in [0.29, 0.717) is 23.4 Å². The van der Waals surface area contributed by atoms with Crippen LogP contribution in [0.5, 0.6) is 5.88 Å². The first-order valence-corrected chi connectivity index (χ1v) is 13.0. The lowest BCUT2D eigenvalue weighted by Gasteiger charge is -2.15. The number of ether oxygens (including phenoxy) is 1. The number of hydrogen-bond acceptors (Lipinski definition) is 6. The molecular formula is C28H31F2N5O4. The molecule has 0 bridgehead atoms. The van der Waals surface area contributed by atoms with Crippen molar-refractivity contribution in [2.45, 2.75) is 58.4 Å². The Hall–Kier alpha value is -3.86. The first-order valence-electron chi connectivity index (χ1n) is 13.0. The second kappa shape index (κ2) is 10.4. The smallest absolute Gasteiger partial charge is 0.332 e. The van der Waals surface area contributed by atoms with Gasteiger partial charge in [0.05, 0.1) is 12.2 Å². The van der Waals surface area contributed by atoms with Gasteiger partial charge in [-0.2, -0.15) is 0 Å². The molecule has 1 aliphatic rings. The lowest BCUT2D eigenvalue weighted by molar-refractivity contribution is 0.233. The zero-order valence-electron chi connectivity index (χ0n) is 22.1. The molecule has 39 heavy (non-hydrogen) atoms. The molecule has 0 radical (unpaired) electrons. The molecule has 5 rings (SSSR count). The molecule has 1 aromatic carbocycles. The standard InChI is InChI=1S/C28H31F2N5O4/c1-17(2)35-24-22(26(37)33(27(35)38)12-5-13-36)34(15-18-7-9-20(29)10-8-18)23(32-24)21-6-4-11-31-25(21)39-16-19-14-28(19,3)30/h4,6-11,17,19,36H,5,12-16H2,1-3H3/t19-,28?/m0/s1. The third kappa shape index (κ3) is 5.10. The number of hydrogen-bond donors (Lipinski definition) is 1. The van der Waals surface area contributed by atoms with Gasteiger partial charge in [-0.3, -0.25) is 13.9 Å². The van der Waals surface area contributed by atoms with Crippen molar-refractivity contribution in [2.75, 3.05) is 13.2 Å². The summed E-state index contributed by atoms with van der Waals surface area (Å²) in [4.78, 5) is 36.3. The SMILES string of the molecule is CC(C)n1c(=O)n(CCCO)c(=O)c2c1nc(-c1cccnc1OC[C@@H]1CC1(C)F)n2Cc1ccc(F)cc1. The minimum absolute atomic E-state index is 0.0402. The first-order chi connectivity index (χ1) is 18.6. The Balaban J connectivity index is 1.74. The van der Waals surface area contributed by atoms with E-state index in [9.17, 15) is 23.5 Å². The predicted molar refractivity (Wildman–Crippen MR) is 142 cm³/mol. The van der Waals surface area contributed by atoms with Crippen LogP contribution < -0.4 is 16.0 Å². The minimum atomic E-state index is -1.27. The molecule has 0 saturated heterocycles. The molecule has 206 valence electrons. The van der Waals surface area contributed by atoms with Gasteiger partial charge >= 0.3 is 5.69 Å². The van der Waals surface area contributed by atoms with Crippen LogP contribution in [0.15, 0.2) is 52.2 Å². The Morgan fingerprint density at radius 1 is 1.18 bits per heavy atom. The van der Waals surface area contributed by atoms with Crippen molar-refractivity contribution >= 4 is 11.2 Å². The fourth-order valence-electron chi connectivity index (χ4n) is 4.79. The molecule has 0 amide bonds. The maximum atomic E-state index is 14.2. The van der Waals surface area contributed by atoms with Crippen molar-refractivity contribution in [2.24, 2.45) is 5.92 Å². The summed E-state index contributed by atoms with van der Waals surface area (Å²) >= 11 is 0. The molecule has 11 heteroatoms. The van der Waals surface area contributed by atoms with E-state index < -0.39 is 22.7 Å². The van der Waals surface area contributed by atoms with E-state index in [0.717, 1.165) is 4.57 Å². The van der Waals surface area contributed by atoms with Gasteiger partial charge in [0.1, 0.15) is 17.3 Å². The number of pyridine rings is 1. The molecule has 0 aliphatic heterocycles. The fourth-order valence-corrected chi connectivity index (χ4v) is 4.79. The molecule has 3 heterocycles. The van der Waals surface area contributed by atoms with E-state index in [1.54, 1.807) is 35.0 Å². The molecule has 0 spiro atoms. The van der Waals surface area contributed by atoms with Crippen LogP contribution in [0.4, 0.5) is 8.78 Å². The molecule has 1 saturated carbocycles. The van der Waals surface area contributed by atoms with Crippen molar-refractivity contribution < 1.29 is 18.6 Å². The van der Waals surface area contributed by atoms with Gasteiger partial charge in [-0.15, -0.1) is 0 Å². The lowest BCUT2D eigenvalue weighted by Crippen LogP contribution is -2.41. The van der Waals surface area contributed by atoms with E-state index >= 15 is 0 Å². The van der Waals surface area contributed by atoms with Gasteiger partial charge in [0.15, 0.2) is 11.2 Å². The number of alkyl halides is 1. The molecule has 2 atom stereocenters. The van der Waals surface area contributed by atoms with Crippen LogP contribution in [-0.2, 0) is 13.1 Å². The molecule has 9 nitrogen and oxygen atoms in total. The Morgan fingerprint density at radius 3 is 2.54 bits per heavy atom. The molecule has 1 N–H and O–H groups in total. The molecule has 1 aliphatic carbocycles. The number of aliphatic hydroxyl groups is 1. The van der Waals surface area contributed by atoms with Crippen LogP contribution in [0.1, 0.15) is 45.2 Å². The van der Waals surface area contributed by atoms with Crippen molar-refractivity contribution in [3.63, 3.8) is 0 Å². The monoisotopic (exact) mass is 539 g/mol. The van der Waals surface area contributed by atoms with Crippen LogP contribution in [-0.4, -0.2) is 47.7 Å². The van der Waals surface area contributed by atoms with Crippen molar-refractivity contribution in [1.29, 1.82) is 0 Å². The van der Waals surface area contributed by atoms with E-state index in [1.807, 2.05) is 13.8 Å². The van der Waals surface area contributed by atoms with Crippen molar-refractivity contribution in [1.82, 2.24) is 23.7 Å². The predicted octanol–water partition coefficient (Wildman–Crippen LogP) is 3.70. The van der Waals surface area contributed by atoms with Gasteiger partial charge in [-0.25, -0.2) is 23.5 Å². The Bertz CT molecular complexity index is 1620. The quantitative estimate of drug-likeness (QED) is 0.330. The highest BCUT2D eigenvalue weighted by Gasteiger charge is 2.51. The third-order valence-electron chi connectivity index (χ3n) is 7.14. The number of nitrogens with zero attached hydrogens (tertiary/aromatic N) is 5. The van der Waals surface area contributed by atoms with Crippen LogP contribution in [0, 0.1) is 11.7 Å². The Labute approximate surface area is 223 Å². The van der Waals surface area contributed by atoms with E-state index in [4.69, 9.17) is 9.72 Å². The normalized spacial score (nSPS) is 18.7. The Kier molecular flexibility index (Phi) is 7.11. The number of halogens is 2. The summed E-state index contributed by atoms with van der Waals surface area (Å²) in [6.07, 6.45) is 2.19. The Morgan fingerprint density at radius 2 is 1.90 bits per heavy atom. The third-order valence-corrected chi connectivity index (χ3v) is 7.14. The number of imidazole rings is 1. The summed E-state index contributed by atoms with van der Waals surface area (Å²) in [6.45, 7) is 5.33. The van der Waals surface area contributed by atoms with Crippen LogP contribution in [0.25, 0.3) is 22.6 Å². The zero-order valence-corrected chi connectivity index (χ0v) is 22.1. The second-order valence-corrected chi connectivity index (χ2v) is 10.4. The van der Waals surface area contributed by atoms with Crippen LogP contribution in [0.2, 0.25) is 0 Å².